The molecule has 6 heteroatoms. The molecule has 1 amide bonds. The molecule has 0 saturated carbocycles. The quantitative estimate of drug-likeness (QED) is 0.653. The predicted octanol–water partition coefficient (Wildman–Crippen LogP) is -0.331. The Morgan fingerprint density at radius 3 is 2.58 bits per heavy atom. The normalized spacial score (nSPS) is 35.1. The van der Waals surface area contributed by atoms with Crippen molar-refractivity contribution in [2.24, 2.45) is 11.3 Å². The highest BCUT2D eigenvalue weighted by Gasteiger charge is 2.50. The summed E-state index contributed by atoms with van der Waals surface area (Å²) in [7, 11) is 0. The van der Waals surface area contributed by atoms with Gasteiger partial charge in [-0.3, -0.25) is 4.79 Å². The average Bonchev–Trinajstić information content (AvgIpc) is 2.94. The van der Waals surface area contributed by atoms with Crippen molar-refractivity contribution in [3.05, 3.63) is 0 Å². The number of β-amino-alcohol motifs (C(OH)–C–C–N with tert-alkyl or cyclic N) is 1. The van der Waals surface area contributed by atoms with Crippen molar-refractivity contribution < 1.29 is 19.8 Å². The van der Waals surface area contributed by atoms with Crippen LogP contribution >= 0.6 is 0 Å². The van der Waals surface area contributed by atoms with E-state index in [1.54, 1.807) is 0 Å². The zero-order chi connectivity index (χ0) is 14.2. The Morgan fingerprint density at radius 2 is 2.11 bits per heavy atom. The van der Waals surface area contributed by atoms with Gasteiger partial charge in [0.25, 0.3) is 0 Å². The predicted molar refractivity (Wildman–Crippen MR) is 68.5 cm³/mol. The van der Waals surface area contributed by atoms with Crippen molar-refractivity contribution in [3.8, 4) is 0 Å². The van der Waals surface area contributed by atoms with Gasteiger partial charge in [0.05, 0.1) is 11.5 Å². The fourth-order valence-corrected chi connectivity index (χ4v) is 3.19. The van der Waals surface area contributed by atoms with Gasteiger partial charge in [-0.2, -0.15) is 0 Å². The topological polar surface area (TPSA) is 89.9 Å². The Balaban J connectivity index is 2.24. The molecule has 0 aromatic rings. The standard InChI is InChI=1S/C13H22N2O4/c1-8(2)13(3-4-14-7-13)12(19)15-6-9(16)5-10(15)11(17)18/h8-10,14,16H,3-7H2,1-2H3,(H,17,18)/t9-,10-,13?/m0/s1. The van der Waals surface area contributed by atoms with Crippen LogP contribution in [0.5, 0.6) is 0 Å². The molecular formula is C13H22N2O4. The number of aliphatic hydroxyl groups excluding tert-OH is 1. The van der Waals surface area contributed by atoms with Crippen molar-refractivity contribution in [1.82, 2.24) is 10.2 Å². The summed E-state index contributed by atoms with van der Waals surface area (Å²) in [6.45, 7) is 5.48. The van der Waals surface area contributed by atoms with Crippen LogP contribution in [0.4, 0.5) is 0 Å². The second kappa shape index (κ2) is 5.09. The number of aliphatic hydroxyl groups is 1. The largest absolute Gasteiger partial charge is 0.480 e. The SMILES string of the molecule is CC(C)C1(C(=O)N2C[C@@H](O)C[C@H]2C(=O)O)CCNC1. The number of carbonyl (C=O) groups is 2. The molecule has 0 radical (unpaired) electrons. The molecule has 2 aliphatic heterocycles. The van der Waals surface area contributed by atoms with Crippen molar-refractivity contribution in [2.45, 2.75) is 38.8 Å². The summed E-state index contributed by atoms with van der Waals surface area (Å²) in [6, 6.07) is -0.890. The van der Waals surface area contributed by atoms with Crippen LogP contribution in [0.2, 0.25) is 0 Å². The first-order valence-corrected chi connectivity index (χ1v) is 6.81. The zero-order valence-corrected chi connectivity index (χ0v) is 11.4. The molecular weight excluding hydrogens is 248 g/mol. The van der Waals surface area contributed by atoms with Crippen LogP contribution in [0.3, 0.4) is 0 Å². The van der Waals surface area contributed by atoms with E-state index < -0.39 is 23.5 Å². The number of carboxylic acid groups (broad SMARTS) is 1. The number of nitrogens with one attached hydrogen (secondary N) is 1. The summed E-state index contributed by atoms with van der Waals surface area (Å²) in [5.41, 5.74) is -0.530. The summed E-state index contributed by atoms with van der Waals surface area (Å²) in [4.78, 5) is 25.4. The van der Waals surface area contributed by atoms with Gasteiger partial charge in [0.2, 0.25) is 5.91 Å². The number of hydrogen-bond donors (Lipinski definition) is 3. The average molecular weight is 270 g/mol. The second-order valence-electron chi connectivity index (χ2n) is 5.94. The number of hydrogen-bond acceptors (Lipinski definition) is 4. The Morgan fingerprint density at radius 1 is 1.42 bits per heavy atom. The maximum atomic E-state index is 12.8. The fraction of sp³-hybridized carbons (Fsp3) is 0.846. The number of amides is 1. The maximum absolute atomic E-state index is 12.8. The summed E-state index contributed by atoms with van der Waals surface area (Å²) in [5, 5.41) is 22.1. The molecule has 6 nitrogen and oxygen atoms in total. The van der Waals surface area contributed by atoms with E-state index in [2.05, 4.69) is 5.32 Å². The number of nitrogens with zero attached hydrogens (tertiary/aromatic N) is 1. The number of carbonyl (C=O) groups excluding carboxylic acids is 1. The fourth-order valence-electron chi connectivity index (χ4n) is 3.19. The van der Waals surface area contributed by atoms with Crippen LogP contribution in [0, 0.1) is 11.3 Å². The second-order valence-corrected chi connectivity index (χ2v) is 5.94. The maximum Gasteiger partial charge on any atom is 0.326 e. The summed E-state index contributed by atoms with van der Waals surface area (Å²) >= 11 is 0. The van der Waals surface area contributed by atoms with Crippen LogP contribution < -0.4 is 5.32 Å². The van der Waals surface area contributed by atoms with E-state index in [0.29, 0.717) is 6.54 Å². The number of rotatable bonds is 3. The summed E-state index contributed by atoms with van der Waals surface area (Å²) in [5.74, 6) is -1.02. The molecule has 0 aromatic heterocycles. The van der Waals surface area contributed by atoms with Gasteiger partial charge < -0.3 is 20.4 Å². The van der Waals surface area contributed by atoms with E-state index >= 15 is 0 Å². The highest BCUT2D eigenvalue weighted by molar-refractivity contribution is 5.89. The Bertz CT molecular complexity index is 377. The lowest BCUT2D eigenvalue weighted by atomic mass is 9.75. The molecule has 1 unspecified atom stereocenters. The third-order valence-electron chi connectivity index (χ3n) is 4.54. The molecule has 0 aromatic carbocycles. The molecule has 2 rings (SSSR count). The van der Waals surface area contributed by atoms with Gasteiger partial charge in [0.15, 0.2) is 0 Å². The van der Waals surface area contributed by atoms with Gasteiger partial charge in [-0.25, -0.2) is 4.79 Å². The molecule has 0 spiro atoms. The highest BCUT2D eigenvalue weighted by Crippen LogP contribution is 2.38. The summed E-state index contributed by atoms with van der Waals surface area (Å²) in [6.07, 6.45) is 0.120. The number of carboxylic acids is 1. The van der Waals surface area contributed by atoms with Gasteiger partial charge in [0, 0.05) is 19.5 Å². The molecule has 19 heavy (non-hydrogen) atoms. The van der Waals surface area contributed by atoms with E-state index in [1.807, 2.05) is 13.8 Å². The smallest absolute Gasteiger partial charge is 0.326 e. The van der Waals surface area contributed by atoms with E-state index in [0.717, 1.165) is 13.0 Å². The van der Waals surface area contributed by atoms with Crippen molar-refractivity contribution in [3.63, 3.8) is 0 Å². The third-order valence-corrected chi connectivity index (χ3v) is 4.54. The van der Waals surface area contributed by atoms with Gasteiger partial charge in [-0.15, -0.1) is 0 Å². The molecule has 0 bridgehead atoms. The zero-order valence-electron chi connectivity index (χ0n) is 11.4. The lowest BCUT2D eigenvalue weighted by molar-refractivity contribution is -0.154. The van der Waals surface area contributed by atoms with Gasteiger partial charge in [-0.05, 0) is 18.9 Å². The molecule has 3 N–H and O–H groups in total. The lowest BCUT2D eigenvalue weighted by Crippen LogP contribution is -2.51. The van der Waals surface area contributed by atoms with Crippen LogP contribution in [0.25, 0.3) is 0 Å². The van der Waals surface area contributed by atoms with E-state index in [-0.39, 0.29) is 24.8 Å². The minimum atomic E-state index is -1.03. The molecule has 2 heterocycles. The highest BCUT2D eigenvalue weighted by atomic mass is 16.4. The van der Waals surface area contributed by atoms with Gasteiger partial charge >= 0.3 is 5.97 Å². The van der Waals surface area contributed by atoms with E-state index in [9.17, 15) is 19.8 Å². The molecule has 2 aliphatic rings. The monoisotopic (exact) mass is 270 g/mol. The van der Waals surface area contributed by atoms with Crippen molar-refractivity contribution in [1.29, 1.82) is 0 Å². The van der Waals surface area contributed by atoms with Crippen LogP contribution in [0.15, 0.2) is 0 Å². The van der Waals surface area contributed by atoms with Crippen molar-refractivity contribution in [2.75, 3.05) is 19.6 Å². The molecule has 2 saturated heterocycles. The summed E-state index contributed by atoms with van der Waals surface area (Å²) < 4.78 is 0. The minimum absolute atomic E-state index is 0.128. The van der Waals surface area contributed by atoms with Crippen molar-refractivity contribution >= 4 is 11.9 Å². The van der Waals surface area contributed by atoms with Crippen LogP contribution in [-0.4, -0.2) is 58.8 Å². The Hall–Kier alpha value is -1.14. The van der Waals surface area contributed by atoms with E-state index in [1.165, 1.54) is 4.90 Å². The first-order chi connectivity index (χ1) is 8.88. The Kier molecular flexibility index (Phi) is 3.82. The van der Waals surface area contributed by atoms with E-state index in [4.69, 9.17) is 0 Å². The molecule has 3 atom stereocenters. The first-order valence-electron chi connectivity index (χ1n) is 6.81. The third kappa shape index (κ3) is 2.34. The van der Waals surface area contributed by atoms with Crippen LogP contribution in [-0.2, 0) is 9.59 Å². The number of aliphatic carboxylic acids is 1. The lowest BCUT2D eigenvalue weighted by Gasteiger charge is -2.36. The molecule has 0 aliphatic carbocycles. The Labute approximate surface area is 112 Å². The van der Waals surface area contributed by atoms with Gasteiger partial charge in [-0.1, -0.05) is 13.8 Å². The first kappa shape index (κ1) is 14.3. The minimum Gasteiger partial charge on any atom is -0.480 e. The molecule has 2 fully saturated rings. The van der Waals surface area contributed by atoms with Crippen LogP contribution in [0.1, 0.15) is 26.7 Å². The number of likely N-dealkylation sites (tertiary alicyclic amines) is 1. The molecule has 108 valence electrons. The van der Waals surface area contributed by atoms with Gasteiger partial charge in [0.1, 0.15) is 6.04 Å².